The number of carbonyl (C=O) groups is 1. The number of hydrogen-bond donors (Lipinski definition) is 1. The van der Waals surface area contributed by atoms with E-state index < -0.39 is 18.2 Å². The van der Waals surface area contributed by atoms with Gasteiger partial charge < -0.3 is 14.6 Å². The van der Waals surface area contributed by atoms with Crippen LogP contribution < -0.4 is 4.74 Å². The Morgan fingerprint density at radius 2 is 1.71 bits per heavy atom. The second-order valence-electron chi connectivity index (χ2n) is 7.28. The van der Waals surface area contributed by atoms with Crippen LogP contribution in [0.4, 0.5) is 13.2 Å². The average molecular weight is 604 g/mol. The molecule has 0 aliphatic heterocycles. The number of halogens is 5. The van der Waals surface area contributed by atoms with Crippen molar-refractivity contribution >= 4 is 37.8 Å². The number of aryl methyl sites for hydroxylation is 2. The Labute approximate surface area is 213 Å². The molecule has 0 bridgehead atoms. The highest BCUT2D eigenvalue weighted by Crippen LogP contribution is 2.32. The molecule has 0 fully saturated rings. The van der Waals surface area contributed by atoms with Crippen LogP contribution >= 0.6 is 31.9 Å². The molecular formula is C25H23Br2F3O4. The topological polar surface area (TPSA) is 55.8 Å². The lowest BCUT2D eigenvalue weighted by Crippen LogP contribution is -2.09. The summed E-state index contributed by atoms with van der Waals surface area (Å²) in [6, 6.07) is 12.5. The highest BCUT2D eigenvalue weighted by molar-refractivity contribution is 9.10. The quantitative estimate of drug-likeness (QED) is 0.289. The maximum absolute atomic E-state index is 14.7. The third kappa shape index (κ3) is 8.36. The number of ether oxygens (including phenoxy) is 2. The average Bonchev–Trinajstić information content (AvgIpc) is 2.72. The fourth-order valence-electron chi connectivity index (χ4n) is 2.92. The van der Waals surface area contributed by atoms with Crippen molar-refractivity contribution in [2.24, 2.45) is 0 Å². The lowest BCUT2D eigenvalue weighted by atomic mass is 10.1. The fourth-order valence-corrected chi connectivity index (χ4v) is 4.01. The third-order valence-electron chi connectivity index (χ3n) is 4.41. The first kappa shape index (κ1) is 27.7. The molecule has 0 aromatic heterocycles. The van der Waals surface area contributed by atoms with Crippen molar-refractivity contribution in [3.05, 3.63) is 85.5 Å². The number of rotatable bonds is 6. The van der Waals surface area contributed by atoms with Gasteiger partial charge in [-0.1, -0.05) is 44.0 Å². The molecule has 0 saturated heterocycles. The van der Waals surface area contributed by atoms with Crippen molar-refractivity contribution in [1.29, 1.82) is 0 Å². The summed E-state index contributed by atoms with van der Waals surface area (Å²) in [7, 11) is 0. The molecule has 0 radical (unpaired) electrons. The fraction of sp³-hybridized carbons (Fsp3) is 0.240. The zero-order chi connectivity index (χ0) is 25.4. The Kier molecular flexibility index (Phi) is 10.4. The molecule has 0 aliphatic rings. The van der Waals surface area contributed by atoms with E-state index >= 15 is 0 Å². The Bertz CT molecular complexity index is 1110. The van der Waals surface area contributed by atoms with Gasteiger partial charge >= 0.3 is 5.97 Å². The number of hydrogen-bond acceptors (Lipinski definition) is 4. The molecule has 0 saturated carbocycles. The minimum atomic E-state index is -2.54. The number of aromatic hydroxyl groups is 1. The van der Waals surface area contributed by atoms with Crippen molar-refractivity contribution in [2.45, 2.75) is 33.6 Å². The molecule has 3 aromatic carbocycles. The van der Waals surface area contributed by atoms with Crippen LogP contribution in [0.25, 0.3) is 0 Å². The number of esters is 1. The van der Waals surface area contributed by atoms with Gasteiger partial charge in [-0.15, -0.1) is 0 Å². The maximum atomic E-state index is 14.7. The Hall–Kier alpha value is -2.52. The molecule has 182 valence electrons. The minimum absolute atomic E-state index is 0.117. The summed E-state index contributed by atoms with van der Waals surface area (Å²) in [5.41, 5.74) is 1.73. The number of phenolic OH excluding ortho intramolecular Hbond substituents is 1. The number of carbonyl (C=O) groups excluding carboxylic acids is 1. The van der Waals surface area contributed by atoms with Gasteiger partial charge in [0.1, 0.15) is 11.5 Å². The third-order valence-corrected chi connectivity index (χ3v) is 5.32. The largest absolute Gasteiger partial charge is 0.508 e. The second-order valence-corrected chi connectivity index (χ2v) is 9.11. The highest BCUT2D eigenvalue weighted by Gasteiger charge is 2.17. The number of phenols is 1. The zero-order valence-electron chi connectivity index (χ0n) is 18.7. The summed E-state index contributed by atoms with van der Waals surface area (Å²) in [5.74, 6) is -0.485. The smallest absolute Gasteiger partial charge is 0.310 e. The van der Waals surface area contributed by atoms with Crippen LogP contribution in [0.1, 0.15) is 35.6 Å². The lowest BCUT2D eigenvalue weighted by Gasteiger charge is -2.13. The molecule has 0 unspecified atom stereocenters. The number of benzene rings is 3. The molecule has 34 heavy (non-hydrogen) atoms. The first-order chi connectivity index (χ1) is 16.0. The van der Waals surface area contributed by atoms with Gasteiger partial charge in [-0.2, -0.15) is 0 Å². The van der Waals surface area contributed by atoms with Crippen LogP contribution in [-0.2, 0) is 16.0 Å². The highest BCUT2D eigenvalue weighted by atomic mass is 79.9. The van der Waals surface area contributed by atoms with E-state index in [0.29, 0.717) is 15.8 Å². The Morgan fingerprint density at radius 3 is 2.29 bits per heavy atom. The van der Waals surface area contributed by atoms with Gasteiger partial charge in [0.2, 0.25) is 0 Å². The van der Waals surface area contributed by atoms with E-state index in [4.69, 9.17) is 14.6 Å². The zero-order valence-corrected chi connectivity index (χ0v) is 21.8. The SMILES string of the molecule is CCOC(=O)Cc1ccc(C)c(Oc2cc(C)cc(Br)c2)c1F.Oc1cc(Br)cc(C(F)F)c1. The molecule has 1 N–H and O–H groups in total. The first-order valence-corrected chi connectivity index (χ1v) is 11.7. The summed E-state index contributed by atoms with van der Waals surface area (Å²) < 4.78 is 50.6. The second kappa shape index (κ2) is 12.8. The van der Waals surface area contributed by atoms with Crippen LogP contribution in [-0.4, -0.2) is 17.7 Å². The van der Waals surface area contributed by atoms with Crippen LogP contribution in [0.5, 0.6) is 17.2 Å². The van der Waals surface area contributed by atoms with Gasteiger partial charge in [0.15, 0.2) is 11.6 Å². The maximum Gasteiger partial charge on any atom is 0.310 e. The minimum Gasteiger partial charge on any atom is -0.508 e. The first-order valence-electron chi connectivity index (χ1n) is 10.2. The van der Waals surface area contributed by atoms with Crippen molar-refractivity contribution < 1.29 is 32.5 Å². The van der Waals surface area contributed by atoms with E-state index in [1.54, 1.807) is 32.0 Å². The predicted molar refractivity (Wildman–Crippen MR) is 131 cm³/mol. The lowest BCUT2D eigenvalue weighted by molar-refractivity contribution is -0.142. The predicted octanol–water partition coefficient (Wildman–Crippen LogP) is 8.20. The van der Waals surface area contributed by atoms with E-state index in [-0.39, 0.29) is 35.7 Å². The molecule has 0 atom stereocenters. The molecule has 0 aliphatic carbocycles. The standard InChI is InChI=1S/C18H18BrFO3.C7H5BrF2O/c1-4-22-16(21)9-13-6-5-12(3)18(17(13)20)23-15-8-11(2)7-14(19)10-15;8-5-1-4(7(9)10)2-6(11)3-5/h5-8,10H,4,9H2,1-3H3;1-3,7,11H. The van der Waals surface area contributed by atoms with Gasteiger partial charge in [-0.3, -0.25) is 4.79 Å². The summed E-state index contributed by atoms with van der Waals surface area (Å²) >= 11 is 6.38. The van der Waals surface area contributed by atoms with E-state index in [9.17, 15) is 18.0 Å². The summed E-state index contributed by atoms with van der Waals surface area (Å²) in [4.78, 5) is 11.6. The van der Waals surface area contributed by atoms with Crippen LogP contribution in [0.2, 0.25) is 0 Å². The Morgan fingerprint density at radius 1 is 1.03 bits per heavy atom. The molecular weight excluding hydrogens is 581 g/mol. The van der Waals surface area contributed by atoms with Crippen molar-refractivity contribution in [3.8, 4) is 17.2 Å². The molecule has 0 amide bonds. The van der Waals surface area contributed by atoms with Gasteiger partial charge in [0.25, 0.3) is 6.43 Å². The van der Waals surface area contributed by atoms with Gasteiger partial charge in [0, 0.05) is 20.1 Å². The summed E-state index contributed by atoms with van der Waals surface area (Å²) in [6.45, 7) is 5.68. The van der Waals surface area contributed by atoms with Crippen LogP contribution in [0.15, 0.2) is 57.5 Å². The van der Waals surface area contributed by atoms with E-state index in [1.165, 1.54) is 12.1 Å². The van der Waals surface area contributed by atoms with E-state index in [0.717, 1.165) is 16.1 Å². The van der Waals surface area contributed by atoms with Crippen molar-refractivity contribution in [1.82, 2.24) is 0 Å². The van der Waals surface area contributed by atoms with Crippen LogP contribution in [0, 0.1) is 19.7 Å². The molecule has 9 heteroatoms. The number of alkyl halides is 2. The Balaban J connectivity index is 0.000000310. The van der Waals surface area contributed by atoms with Crippen LogP contribution in [0.3, 0.4) is 0 Å². The van der Waals surface area contributed by atoms with Crippen molar-refractivity contribution in [3.63, 3.8) is 0 Å². The van der Waals surface area contributed by atoms with E-state index in [1.807, 2.05) is 19.1 Å². The molecule has 4 nitrogen and oxygen atoms in total. The molecule has 3 aromatic rings. The molecule has 0 spiro atoms. The summed E-state index contributed by atoms with van der Waals surface area (Å²) in [5, 5.41) is 8.88. The monoisotopic (exact) mass is 602 g/mol. The molecule has 3 rings (SSSR count). The van der Waals surface area contributed by atoms with Gasteiger partial charge in [0.05, 0.1) is 13.0 Å². The van der Waals surface area contributed by atoms with Gasteiger partial charge in [-0.25, -0.2) is 13.2 Å². The van der Waals surface area contributed by atoms with Crippen molar-refractivity contribution in [2.75, 3.05) is 6.61 Å². The summed E-state index contributed by atoms with van der Waals surface area (Å²) in [6.07, 6.45) is -2.66. The normalized spacial score (nSPS) is 10.5. The van der Waals surface area contributed by atoms with E-state index in [2.05, 4.69) is 31.9 Å². The molecule has 0 heterocycles. The van der Waals surface area contributed by atoms with Gasteiger partial charge in [-0.05, 0) is 68.3 Å².